The largest absolute Gasteiger partial charge is 0.455 e. The number of carbonyl (C=O) groups excluding carboxylic acids is 1. The zero-order chi connectivity index (χ0) is 37.0. The fourth-order valence-corrected chi connectivity index (χ4v) is 7.98. The molecule has 13 nitrogen and oxygen atoms in total. The molecular formula is C37H32F2N8O5S. The van der Waals surface area contributed by atoms with Gasteiger partial charge in [0.2, 0.25) is 10.0 Å². The van der Waals surface area contributed by atoms with Crippen LogP contribution in [-0.4, -0.2) is 89.6 Å². The molecule has 4 aromatic carbocycles. The second-order valence-corrected chi connectivity index (χ2v) is 14.8. The maximum absolute atomic E-state index is 14.1. The van der Waals surface area contributed by atoms with Crippen molar-refractivity contribution in [2.75, 3.05) is 48.3 Å². The molecule has 3 aromatic heterocycles. The van der Waals surface area contributed by atoms with Gasteiger partial charge >= 0.3 is 0 Å². The summed E-state index contributed by atoms with van der Waals surface area (Å²) in [6.45, 7) is 1.81. The quantitative estimate of drug-likeness (QED) is 0.219. The van der Waals surface area contributed by atoms with Crippen LogP contribution in [0.1, 0.15) is 17.3 Å². The van der Waals surface area contributed by atoms with E-state index in [1.807, 2.05) is 42.2 Å². The summed E-state index contributed by atoms with van der Waals surface area (Å²) < 4.78 is 62.8. The van der Waals surface area contributed by atoms with Gasteiger partial charge in [0.1, 0.15) is 23.7 Å². The molecule has 0 bridgehead atoms. The average Bonchev–Trinajstić information content (AvgIpc) is 3.79. The third-order valence-corrected chi connectivity index (χ3v) is 10.7. The van der Waals surface area contributed by atoms with E-state index < -0.39 is 34.6 Å². The number of halogens is 2. The number of piperazine rings is 1. The minimum atomic E-state index is -4.01. The SMILES string of the molecule is C[C@H]1CN(c2nnnn2-c2ccccc2)CCN1C(=O)c1cccc(-c2cc3c(cc2N(CCF)S(C)(=O)=O)oc2c4ccc(F)cc4[nH]c(=O)c32)c1. The van der Waals surface area contributed by atoms with Crippen LogP contribution in [0, 0.1) is 5.82 Å². The molecule has 16 heteroatoms. The van der Waals surface area contributed by atoms with Crippen molar-refractivity contribution in [1.82, 2.24) is 30.1 Å². The van der Waals surface area contributed by atoms with Crippen molar-refractivity contribution < 1.29 is 26.4 Å². The molecule has 8 rings (SSSR count). The van der Waals surface area contributed by atoms with E-state index in [1.165, 1.54) is 24.3 Å². The number of aromatic nitrogens is 5. The second-order valence-electron chi connectivity index (χ2n) is 12.9. The topological polar surface area (TPSA) is 151 Å². The number of alkyl halides is 1. The number of H-pyrrole nitrogens is 1. The zero-order valence-corrected chi connectivity index (χ0v) is 29.3. The van der Waals surface area contributed by atoms with Gasteiger partial charge in [0, 0.05) is 53.6 Å². The van der Waals surface area contributed by atoms with Crippen molar-refractivity contribution in [1.29, 1.82) is 0 Å². The average molecular weight is 739 g/mol. The molecule has 1 saturated heterocycles. The highest BCUT2D eigenvalue weighted by molar-refractivity contribution is 7.92. The molecule has 0 spiro atoms. The van der Waals surface area contributed by atoms with Crippen molar-refractivity contribution in [3.63, 3.8) is 0 Å². The molecule has 0 unspecified atom stereocenters. The number of carbonyl (C=O) groups is 1. The lowest BCUT2D eigenvalue weighted by atomic mass is 9.98. The Morgan fingerprint density at radius 3 is 2.58 bits per heavy atom. The highest BCUT2D eigenvalue weighted by Gasteiger charge is 2.31. The smallest absolute Gasteiger partial charge is 0.260 e. The van der Waals surface area contributed by atoms with E-state index in [4.69, 9.17) is 4.42 Å². The third kappa shape index (κ3) is 6.03. The number of aromatic amines is 1. The van der Waals surface area contributed by atoms with Gasteiger partial charge in [0.05, 0.1) is 35.1 Å². The second kappa shape index (κ2) is 13.1. The van der Waals surface area contributed by atoms with Gasteiger partial charge in [-0.25, -0.2) is 17.2 Å². The van der Waals surface area contributed by atoms with Crippen LogP contribution in [0.25, 0.3) is 49.7 Å². The van der Waals surface area contributed by atoms with Crippen molar-refractivity contribution in [2.24, 2.45) is 0 Å². The predicted molar refractivity (Wildman–Crippen MR) is 197 cm³/mol. The number of fused-ring (bicyclic) bond motifs is 5. The van der Waals surface area contributed by atoms with Crippen molar-refractivity contribution >= 4 is 60.4 Å². The van der Waals surface area contributed by atoms with Crippen molar-refractivity contribution in [2.45, 2.75) is 13.0 Å². The van der Waals surface area contributed by atoms with E-state index in [9.17, 15) is 26.8 Å². The maximum Gasteiger partial charge on any atom is 0.260 e. The monoisotopic (exact) mass is 738 g/mol. The standard InChI is InChI=1S/C37H32F2N8O5S/c1-22-21-44(37-41-42-43-47(37)26-9-4-3-5-10-26)15-16-45(22)36(49)24-8-6-7-23(17-24)28-19-29-32(20-31(28)46(14-13-38)53(2,50)51)52-34-27-12-11-25(39)18-30(27)40-35(48)33(29)34/h3-12,17-20,22H,13-16,21H2,1-2H3,(H,40,48)/t22-/m0/s1. The Hall–Kier alpha value is -6.16. The van der Waals surface area contributed by atoms with Gasteiger partial charge in [-0.2, -0.15) is 4.68 Å². The number of para-hydroxylation sites is 1. The predicted octanol–water partition coefficient (Wildman–Crippen LogP) is 5.30. The van der Waals surface area contributed by atoms with Crippen LogP contribution < -0.4 is 14.8 Å². The number of hydrogen-bond acceptors (Lipinski definition) is 9. The molecule has 270 valence electrons. The number of hydrogen-bond donors (Lipinski definition) is 1. The van der Waals surface area contributed by atoms with E-state index in [-0.39, 0.29) is 39.7 Å². The Balaban J connectivity index is 1.18. The molecule has 1 aliphatic rings. The first-order chi connectivity index (χ1) is 25.5. The van der Waals surface area contributed by atoms with Crippen LogP contribution in [-0.2, 0) is 10.0 Å². The molecule has 7 aromatic rings. The lowest BCUT2D eigenvalue weighted by molar-refractivity contribution is 0.0673. The molecule has 0 radical (unpaired) electrons. The normalized spacial score (nSPS) is 15.1. The Morgan fingerprint density at radius 1 is 1.02 bits per heavy atom. The highest BCUT2D eigenvalue weighted by atomic mass is 32.2. The van der Waals surface area contributed by atoms with Gasteiger partial charge < -0.3 is 19.2 Å². The summed E-state index contributed by atoms with van der Waals surface area (Å²) in [5.41, 5.74) is 2.11. The lowest BCUT2D eigenvalue weighted by Crippen LogP contribution is -2.54. The van der Waals surface area contributed by atoms with Crippen LogP contribution in [0.5, 0.6) is 0 Å². The Kier molecular flexibility index (Phi) is 8.40. The number of tetrazole rings is 1. The Morgan fingerprint density at radius 2 is 1.83 bits per heavy atom. The van der Waals surface area contributed by atoms with Gasteiger partial charge in [-0.3, -0.25) is 13.9 Å². The Labute approximate surface area is 301 Å². The van der Waals surface area contributed by atoms with Gasteiger partial charge in [-0.1, -0.05) is 35.4 Å². The molecule has 1 N–H and O–H groups in total. The van der Waals surface area contributed by atoms with Crippen LogP contribution in [0.15, 0.2) is 94.1 Å². The van der Waals surface area contributed by atoms with E-state index in [0.29, 0.717) is 53.0 Å². The lowest BCUT2D eigenvalue weighted by Gasteiger charge is -2.40. The number of nitrogens with one attached hydrogen (secondary N) is 1. The van der Waals surface area contributed by atoms with Crippen LogP contribution in [0.2, 0.25) is 0 Å². The number of amides is 1. The fraction of sp³-hybridized carbons (Fsp3) is 0.216. The molecular weight excluding hydrogens is 707 g/mol. The molecule has 0 saturated carbocycles. The van der Waals surface area contributed by atoms with E-state index in [0.717, 1.165) is 16.2 Å². The Bertz CT molecular complexity index is 2720. The number of pyridine rings is 1. The van der Waals surface area contributed by atoms with Crippen molar-refractivity contribution in [3.8, 4) is 16.8 Å². The summed E-state index contributed by atoms with van der Waals surface area (Å²) in [4.78, 5) is 34.0. The van der Waals surface area contributed by atoms with Crippen LogP contribution >= 0.6 is 0 Å². The number of rotatable bonds is 8. The first kappa shape index (κ1) is 34.0. The maximum atomic E-state index is 14.1. The summed E-state index contributed by atoms with van der Waals surface area (Å²) in [6.07, 6.45) is 0.974. The van der Waals surface area contributed by atoms with Gasteiger partial charge in [0.15, 0.2) is 0 Å². The fourth-order valence-electron chi connectivity index (χ4n) is 7.07. The molecule has 1 aliphatic heterocycles. The van der Waals surface area contributed by atoms with Crippen LogP contribution in [0.3, 0.4) is 0 Å². The molecule has 1 fully saturated rings. The van der Waals surface area contributed by atoms with Gasteiger partial charge in [0.25, 0.3) is 17.4 Å². The van der Waals surface area contributed by atoms with Gasteiger partial charge in [-0.15, -0.1) is 0 Å². The summed E-state index contributed by atoms with van der Waals surface area (Å²) in [7, 11) is -4.01. The number of sulfonamides is 1. The number of benzene rings is 4. The number of furan rings is 1. The summed E-state index contributed by atoms with van der Waals surface area (Å²) in [5.74, 6) is -0.217. The molecule has 1 atom stereocenters. The third-order valence-electron chi connectivity index (χ3n) is 9.51. The van der Waals surface area contributed by atoms with Crippen molar-refractivity contribution in [3.05, 3.63) is 107 Å². The number of anilines is 2. The highest BCUT2D eigenvalue weighted by Crippen LogP contribution is 2.41. The summed E-state index contributed by atoms with van der Waals surface area (Å²) in [6, 6.07) is 23.0. The van der Waals surface area contributed by atoms with E-state index in [2.05, 4.69) is 20.5 Å². The zero-order valence-electron chi connectivity index (χ0n) is 28.5. The minimum Gasteiger partial charge on any atom is -0.455 e. The first-order valence-corrected chi connectivity index (χ1v) is 18.6. The number of nitrogens with zero attached hydrogens (tertiary/aromatic N) is 7. The first-order valence-electron chi connectivity index (χ1n) is 16.8. The molecule has 1 amide bonds. The molecule has 4 heterocycles. The summed E-state index contributed by atoms with van der Waals surface area (Å²) in [5, 5.41) is 13.3. The van der Waals surface area contributed by atoms with E-state index >= 15 is 0 Å². The van der Waals surface area contributed by atoms with Crippen LogP contribution in [0.4, 0.5) is 20.4 Å². The van der Waals surface area contributed by atoms with Gasteiger partial charge in [-0.05, 0) is 71.4 Å². The molecule has 0 aliphatic carbocycles. The summed E-state index contributed by atoms with van der Waals surface area (Å²) >= 11 is 0. The minimum absolute atomic E-state index is 0.103. The van der Waals surface area contributed by atoms with E-state index in [1.54, 1.807) is 39.9 Å². The molecule has 53 heavy (non-hydrogen) atoms.